The predicted octanol–water partition coefficient (Wildman–Crippen LogP) is 3.01. The van der Waals surface area contributed by atoms with Gasteiger partial charge in [-0.25, -0.2) is 9.50 Å². The molecule has 0 spiro atoms. The van der Waals surface area contributed by atoms with Crippen LogP contribution in [0.25, 0.3) is 28.1 Å². The molecule has 0 atom stereocenters. The molecule has 0 amide bonds. The van der Waals surface area contributed by atoms with Crippen molar-refractivity contribution in [3.05, 3.63) is 48.7 Å². The summed E-state index contributed by atoms with van der Waals surface area (Å²) in [4.78, 5) is 4.40. The maximum Gasteiger partial charge on any atom is 0.232 e. The SMILES string of the molecule is N[C@H]1C[C@H](Oc2ccc3ncc(-c4cc5ccccc5o4)n3n2)C1. The molecular weight excluding hydrogens is 304 g/mol. The van der Waals surface area contributed by atoms with Crippen LogP contribution in [0.1, 0.15) is 12.8 Å². The summed E-state index contributed by atoms with van der Waals surface area (Å²) in [5.74, 6) is 1.31. The van der Waals surface area contributed by atoms with Gasteiger partial charge in [0, 0.05) is 17.5 Å². The third kappa shape index (κ3) is 2.15. The molecule has 2 N–H and O–H groups in total. The first kappa shape index (κ1) is 13.6. The van der Waals surface area contributed by atoms with Crippen molar-refractivity contribution in [3.63, 3.8) is 0 Å². The van der Waals surface area contributed by atoms with Crippen molar-refractivity contribution in [1.82, 2.24) is 14.6 Å². The molecule has 1 aliphatic carbocycles. The molecule has 6 nitrogen and oxygen atoms in total. The monoisotopic (exact) mass is 320 g/mol. The average Bonchev–Trinajstić information content (AvgIpc) is 3.16. The lowest BCUT2D eigenvalue weighted by Crippen LogP contribution is -2.43. The van der Waals surface area contributed by atoms with Crippen molar-refractivity contribution in [1.29, 1.82) is 0 Å². The van der Waals surface area contributed by atoms with E-state index in [9.17, 15) is 0 Å². The van der Waals surface area contributed by atoms with Crippen molar-refractivity contribution in [2.75, 3.05) is 0 Å². The summed E-state index contributed by atoms with van der Waals surface area (Å²) < 4.78 is 13.6. The standard InChI is InChI=1S/C18H16N4O2/c19-12-8-13(9-12)23-18-6-5-17-20-10-14(22(17)21-18)16-7-11-3-1-2-4-15(11)24-16/h1-7,10,12-13H,8-9,19H2/t12-,13-. The largest absolute Gasteiger partial charge is 0.473 e. The quantitative estimate of drug-likeness (QED) is 0.628. The minimum atomic E-state index is 0.156. The van der Waals surface area contributed by atoms with Gasteiger partial charge in [-0.15, -0.1) is 5.10 Å². The summed E-state index contributed by atoms with van der Waals surface area (Å²) in [6.45, 7) is 0. The maximum absolute atomic E-state index is 5.93. The molecule has 6 heteroatoms. The normalized spacial score (nSPS) is 20.4. The number of hydrogen-bond acceptors (Lipinski definition) is 5. The van der Waals surface area contributed by atoms with Crippen LogP contribution in [0.4, 0.5) is 0 Å². The number of hydrogen-bond donors (Lipinski definition) is 1. The summed E-state index contributed by atoms with van der Waals surface area (Å²) in [6, 6.07) is 13.9. The molecule has 0 aliphatic heterocycles. The molecule has 0 bridgehead atoms. The lowest BCUT2D eigenvalue weighted by atomic mass is 9.90. The van der Waals surface area contributed by atoms with E-state index in [-0.39, 0.29) is 12.1 Å². The zero-order valence-corrected chi connectivity index (χ0v) is 12.9. The molecule has 0 radical (unpaired) electrons. The van der Waals surface area contributed by atoms with Crippen LogP contribution in [-0.4, -0.2) is 26.7 Å². The third-order valence-corrected chi connectivity index (χ3v) is 4.43. The Bertz CT molecular complexity index is 997. The summed E-state index contributed by atoms with van der Waals surface area (Å²) in [5.41, 5.74) is 8.21. The number of imidazole rings is 1. The number of nitrogens with zero attached hydrogens (tertiary/aromatic N) is 3. The van der Waals surface area contributed by atoms with Crippen molar-refractivity contribution < 1.29 is 9.15 Å². The number of aromatic nitrogens is 3. The number of furan rings is 1. The highest BCUT2D eigenvalue weighted by atomic mass is 16.5. The van der Waals surface area contributed by atoms with Gasteiger partial charge in [-0.3, -0.25) is 0 Å². The molecular formula is C18H16N4O2. The second kappa shape index (κ2) is 5.07. The van der Waals surface area contributed by atoms with Gasteiger partial charge in [0.15, 0.2) is 11.4 Å². The van der Waals surface area contributed by atoms with E-state index < -0.39 is 0 Å². The van der Waals surface area contributed by atoms with Gasteiger partial charge in [0.2, 0.25) is 5.88 Å². The van der Waals surface area contributed by atoms with Crippen molar-refractivity contribution in [3.8, 4) is 17.3 Å². The second-order valence-electron chi connectivity index (χ2n) is 6.20. The minimum Gasteiger partial charge on any atom is -0.473 e. The molecule has 1 fully saturated rings. The smallest absolute Gasteiger partial charge is 0.232 e. The van der Waals surface area contributed by atoms with Gasteiger partial charge >= 0.3 is 0 Å². The molecule has 4 aromatic rings. The van der Waals surface area contributed by atoms with Gasteiger partial charge < -0.3 is 14.9 Å². The van der Waals surface area contributed by atoms with Gasteiger partial charge in [0.1, 0.15) is 17.4 Å². The first-order valence-corrected chi connectivity index (χ1v) is 8.02. The van der Waals surface area contributed by atoms with E-state index in [2.05, 4.69) is 10.1 Å². The Morgan fingerprint density at radius 1 is 1.17 bits per heavy atom. The molecule has 3 aromatic heterocycles. The fourth-order valence-electron chi connectivity index (χ4n) is 3.07. The maximum atomic E-state index is 5.93. The lowest BCUT2D eigenvalue weighted by Gasteiger charge is -2.31. The highest BCUT2D eigenvalue weighted by Gasteiger charge is 2.28. The van der Waals surface area contributed by atoms with Gasteiger partial charge in [0.25, 0.3) is 0 Å². The fraction of sp³-hybridized carbons (Fsp3) is 0.222. The molecule has 120 valence electrons. The number of nitrogens with two attached hydrogens (primary N) is 1. The van der Waals surface area contributed by atoms with E-state index in [0.717, 1.165) is 40.9 Å². The number of benzene rings is 1. The van der Waals surface area contributed by atoms with Crippen molar-refractivity contribution >= 4 is 16.6 Å². The van der Waals surface area contributed by atoms with Crippen LogP contribution in [0.5, 0.6) is 5.88 Å². The lowest BCUT2D eigenvalue weighted by molar-refractivity contribution is 0.0944. The van der Waals surface area contributed by atoms with E-state index in [1.165, 1.54) is 0 Å². The molecule has 0 unspecified atom stereocenters. The predicted molar refractivity (Wildman–Crippen MR) is 89.8 cm³/mol. The zero-order chi connectivity index (χ0) is 16.1. The van der Waals surface area contributed by atoms with Crippen LogP contribution in [0, 0.1) is 0 Å². The highest BCUT2D eigenvalue weighted by molar-refractivity contribution is 5.82. The van der Waals surface area contributed by atoms with Crippen LogP contribution >= 0.6 is 0 Å². The van der Waals surface area contributed by atoms with Crippen LogP contribution in [0.2, 0.25) is 0 Å². The Morgan fingerprint density at radius 2 is 2.04 bits per heavy atom. The highest BCUT2D eigenvalue weighted by Crippen LogP contribution is 2.29. The molecule has 24 heavy (non-hydrogen) atoms. The number of para-hydroxylation sites is 1. The number of rotatable bonds is 3. The van der Waals surface area contributed by atoms with Crippen LogP contribution in [0.3, 0.4) is 0 Å². The van der Waals surface area contributed by atoms with E-state index in [1.807, 2.05) is 42.5 Å². The summed E-state index contributed by atoms with van der Waals surface area (Å²) in [5, 5.41) is 5.61. The van der Waals surface area contributed by atoms with Crippen molar-refractivity contribution in [2.24, 2.45) is 5.73 Å². The van der Waals surface area contributed by atoms with Gasteiger partial charge in [-0.2, -0.15) is 0 Å². The molecule has 0 saturated heterocycles. The van der Waals surface area contributed by atoms with Crippen molar-refractivity contribution in [2.45, 2.75) is 25.0 Å². The average molecular weight is 320 g/mol. The molecule has 1 aliphatic rings. The van der Waals surface area contributed by atoms with Crippen LogP contribution in [0.15, 0.2) is 53.1 Å². The topological polar surface area (TPSA) is 78.6 Å². The second-order valence-corrected chi connectivity index (χ2v) is 6.20. The van der Waals surface area contributed by atoms with E-state index in [4.69, 9.17) is 14.9 Å². The van der Waals surface area contributed by atoms with Gasteiger partial charge in [0.05, 0.1) is 6.20 Å². The minimum absolute atomic E-state index is 0.156. The zero-order valence-electron chi connectivity index (χ0n) is 12.9. The Balaban J connectivity index is 1.55. The van der Waals surface area contributed by atoms with Crippen LogP contribution < -0.4 is 10.5 Å². The molecule has 1 saturated carbocycles. The molecule has 5 rings (SSSR count). The van der Waals surface area contributed by atoms with Crippen LogP contribution in [-0.2, 0) is 0 Å². The summed E-state index contributed by atoms with van der Waals surface area (Å²) >= 11 is 0. The van der Waals surface area contributed by atoms with E-state index in [1.54, 1.807) is 10.7 Å². The summed E-state index contributed by atoms with van der Waals surface area (Å²) in [7, 11) is 0. The van der Waals surface area contributed by atoms with Gasteiger partial charge in [-0.05, 0) is 31.0 Å². The number of ether oxygens (including phenoxy) is 1. The third-order valence-electron chi connectivity index (χ3n) is 4.43. The first-order chi connectivity index (χ1) is 11.8. The summed E-state index contributed by atoms with van der Waals surface area (Å²) in [6.07, 6.45) is 3.67. The number of fused-ring (bicyclic) bond motifs is 2. The molecule has 1 aromatic carbocycles. The van der Waals surface area contributed by atoms with Gasteiger partial charge in [-0.1, -0.05) is 18.2 Å². The Labute approximate surface area is 137 Å². The fourth-order valence-corrected chi connectivity index (χ4v) is 3.07. The molecule has 3 heterocycles. The Hall–Kier alpha value is -2.86. The van der Waals surface area contributed by atoms with E-state index >= 15 is 0 Å². The Kier molecular flexibility index (Phi) is 2.87. The Morgan fingerprint density at radius 3 is 2.88 bits per heavy atom. The van der Waals surface area contributed by atoms with E-state index in [0.29, 0.717) is 5.88 Å². The first-order valence-electron chi connectivity index (χ1n) is 8.02.